The van der Waals surface area contributed by atoms with Crippen molar-refractivity contribution in [2.45, 2.75) is 51.5 Å². The van der Waals surface area contributed by atoms with Gasteiger partial charge in [-0.15, -0.1) is 0 Å². The van der Waals surface area contributed by atoms with E-state index in [9.17, 15) is 9.59 Å². The number of carbonyl (C=O) groups is 2. The Labute approximate surface area is 159 Å². The maximum atomic E-state index is 12.9. The molecule has 0 bridgehead atoms. The van der Waals surface area contributed by atoms with E-state index in [-0.39, 0.29) is 23.6 Å². The fraction of sp³-hybridized carbons (Fsp3) is 0.364. The molecule has 142 valence electrons. The lowest BCUT2D eigenvalue weighted by Crippen LogP contribution is -2.40. The Morgan fingerprint density at radius 3 is 2.44 bits per heavy atom. The second-order valence-corrected chi connectivity index (χ2v) is 7.00. The van der Waals surface area contributed by atoms with Gasteiger partial charge >= 0.3 is 0 Å². The van der Waals surface area contributed by atoms with E-state index >= 15 is 0 Å². The van der Waals surface area contributed by atoms with Gasteiger partial charge < -0.3 is 15.1 Å². The molecule has 0 radical (unpaired) electrons. The predicted octanol–water partition coefficient (Wildman–Crippen LogP) is 4.20. The summed E-state index contributed by atoms with van der Waals surface area (Å²) in [6.45, 7) is 1.87. The molecule has 2 aromatic rings. The maximum absolute atomic E-state index is 12.9. The Morgan fingerprint density at radius 2 is 1.78 bits per heavy atom. The van der Waals surface area contributed by atoms with Crippen LogP contribution in [0.25, 0.3) is 6.08 Å². The van der Waals surface area contributed by atoms with Crippen molar-refractivity contribution in [2.24, 2.45) is 0 Å². The molecule has 0 saturated heterocycles. The quantitative estimate of drug-likeness (QED) is 0.615. The van der Waals surface area contributed by atoms with Gasteiger partial charge in [0.2, 0.25) is 0 Å². The van der Waals surface area contributed by atoms with Crippen LogP contribution in [-0.4, -0.2) is 17.9 Å². The third-order valence-electron chi connectivity index (χ3n) is 4.90. The summed E-state index contributed by atoms with van der Waals surface area (Å²) in [6.07, 6.45) is 9.74. The van der Waals surface area contributed by atoms with Gasteiger partial charge in [-0.2, -0.15) is 0 Å². The van der Waals surface area contributed by atoms with Crippen LogP contribution in [0, 0.1) is 6.92 Å². The number of furan rings is 1. The van der Waals surface area contributed by atoms with Gasteiger partial charge in [0.15, 0.2) is 0 Å². The Bertz CT molecular complexity index is 801. The monoisotopic (exact) mass is 366 g/mol. The molecule has 5 nitrogen and oxygen atoms in total. The van der Waals surface area contributed by atoms with Crippen molar-refractivity contribution in [1.29, 1.82) is 0 Å². The minimum atomic E-state index is -0.304. The molecule has 1 aromatic carbocycles. The molecule has 0 atom stereocenters. The van der Waals surface area contributed by atoms with Gasteiger partial charge in [0, 0.05) is 17.7 Å². The lowest BCUT2D eigenvalue weighted by atomic mass is 10.1. The molecule has 3 rings (SSSR count). The van der Waals surface area contributed by atoms with E-state index in [0.29, 0.717) is 11.3 Å². The zero-order chi connectivity index (χ0) is 19.1. The number of hydrogen-bond donors (Lipinski definition) is 2. The molecular weight excluding hydrogens is 340 g/mol. The highest BCUT2D eigenvalue weighted by Gasteiger charge is 2.20. The van der Waals surface area contributed by atoms with E-state index in [1.54, 1.807) is 24.3 Å². The molecule has 0 spiro atoms. The molecule has 1 fully saturated rings. The molecular formula is C22H26N2O3. The minimum absolute atomic E-state index is 0.148. The van der Waals surface area contributed by atoms with E-state index < -0.39 is 0 Å². The van der Waals surface area contributed by atoms with Crippen LogP contribution in [0.15, 0.2) is 52.8 Å². The topological polar surface area (TPSA) is 71.3 Å². The van der Waals surface area contributed by atoms with Gasteiger partial charge in [0.05, 0.1) is 6.26 Å². The Balaban J connectivity index is 1.77. The average Bonchev–Trinajstić information content (AvgIpc) is 3.04. The maximum Gasteiger partial charge on any atom is 0.268 e. The first kappa shape index (κ1) is 19.0. The van der Waals surface area contributed by atoms with Crippen LogP contribution in [0.2, 0.25) is 0 Å². The normalized spacial score (nSPS) is 15.8. The van der Waals surface area contributed by atoms with Gasteiger partial charge in [-0.25, -0.2) is 0 Å². The molecule has 1 aliphatic rings. The van der Waals surface area contributed by atoms with Crippen molar-refractivity contribution >= 4 is 17.9 Å². The summed E-state index contributed by atoms with van der Waals surface area (Å²) in [6, 6.07) is 11.0. The fourth-order valence-corrected chi connectivity index (χ4v) is 3.38. The highest BCUT2D eigenvalue weighted by molar-refractivity contribution is 6.05. The Morgan fingerprint density at radius 1 is 1.04 bits per heavy atom. The predicted molar refractivity (Wildman–Crippen MR) is 105 cm³/mol. The van der Waals surface area contributed by atoms with Crippen LogP contribution < -0.4 is 10.6 Å². The molecule has 0 unspecified atom stereocenters. The van der Waals surface area contributed by atoms with E-state index in [4.69, 9.17) is 4.42 Å². The van der Waals surface area contributed by atoms with E-state index in [1.165, 1.54) is 19.1 Å². The second-order valence-electron chi connectivity index (χ2n) is 7.00. The van der Waals surface area contributed by atoms with E-state index in [0.717, 1.165) is 31.2 Å². The summed E-state index contributed by atoms with van der Waals surface area (Å²) in [5.74, 6) is -0.0618. The highest BCUT2D eigenvalue weighted by atomic mass is 16.3. The number of amides is 2. The van der Waals surface area contributed by atoms with Crippen molar-refractivity contribution in [3.8, 4) is 0 Å². The number of hydrogen-bond acceptors (Lipinski definition) is 3. The summed E-state index contributed by atoms with van der Waals surface area (Å²) in [5, 5.41) is 5.85. The first-order chi connectivity index (χ1) is 13.1. The van der Waals surface area contributed by atoms with Crippen LogP contribution in [0.3, 0.4) is 0 Å². The molecule has 1 saturated carbocycles. The SMILES string of the molecule is Cc1ccccc1C(=O)N/C(=C\c1ccco1)C(=O)NC1CCCCCC1. The first-order valence-electron chi connectivity index (χ1n) is 9.56. The fourth-order valence-electron chi connectivity index (χ4n) is 3.38. The van der Waals surface area contributed by atoms with Crippen LogP contribution in [-0.2, 0) is 4.79 Å². The van der Waals surface area contributed by atoms with Crippen molar-refractivity contribution in [1.82, 2.24) is 10.6 Å². The van der Waals surface area contributed by atoms with Gasteiger partial charge in [0.25, 0.3) is 11.8 Å². The largest absolute Gasteiger partial charge is 0.465 e. The summed E-state index contributed by atoms with van der Waals surface area (Å²) in [4.78, 5) is 25.6. The van der Waals surface area contributed by atoms with Crippen LogP contribution in [0.1, 0.15) is 60.2 Å². The molecule has 1 heterocycles. The Kier molecular flexibility index (Phi) is 6.47. The van der Waals surface area contributed by atoms with Gasteiger partial charge in [-0.05, 0) is 43.5 Å². The van der Waals surface area contributed by atoms with E-state index in [1.807, 2.05) is 25.1 Å². The summed E-state index contributed by atoms with van der Waals surface area (Å²) in [5.41, 5.74) is 1.60. The number of carbonyl (C=O) groups excluding carboxylic acids is 2. The number of benzene rings is 1. The smallest absolute Gasteiger partial charge is 0.268 e. The summed E-state index contributed by atoms with van der Waals surface area (Å²) in [7, 11) is 0. The molecule has 27 heavy (non-hydrogen) atoms. The van der Waals surface area contributed by atoms with Crippen LogP contribution in [0.4, 0.5) is 0 Å². The number of aryl methyl sites for hydroxylation is 1. The molecule has 2 amide bonds. The van der Waals surface area contributed by atoms with Gasteiger partial charge in [0.1, 0.15) is 11.5 Å². The second kappa shape index (κ2) is 9.21. The van der Waals surface area contributed by atoms with Gasteiger partial charge in [-0.1, -0.05) is 43.9 Å². The third kappa shape index (κ3) is 5.33. The van der Waals surface area contributed by atoms with Crippen LogP contribution >= 0.6 is 0 Å². The minimum Gasteiger partial charge on any atom is -0.465 e. The zero-order valence-corrected chi connectivity index (χ0v) is 15.7. The highest BCUT2D eigenvalue weighted by Crippen LogP contribution is 2.18. The molecule has 1 aliphatic carbocycles. The van der Waals surface area contributed by atoms with Crippen molar-refractivity contribution < 1.29 is 14.0 Å². The lowest BCUT2D eigenvalue weighted by molar-refractivity contribution is -0.118. The molecule has 1 aromatic heterocycles. The van der Waals surface area contributed by atoms with Crippen molar-refractivity contribution in [2.75, 3.05) is 0 Å². The molecule has 5 heteroatoms. The summed E-state index contributed by atoms with van der Waals surface area (Å²) < 4.78 is 5.33. The standard InChI is InChI=1S/C22H26N2O3/c1-16-9-6-7-13-19(16)21(25)24-20(15-18-12-8-14-27-18)22(26)23-17-10-4-2-3-5-11-17/h6-9,12-15,17H,2-5,10-11H2,1H3,(H,23,26)(H,24,25)/b20-15-. The summed E-state index contributed by atoms with van der Waals surface area (Å²) >= 11 is 0. The number of nitrogens with one attached hydrogen (secondary N) is 2. The van der Waals surface area contributed by atoms with E-state index in [2.05, 4.69) is 10.6 Å². The van der Waals surface area contributed by atoms with Crippen molar-refractivity contribution in [3.63, 3.8) is 0 Å². The lowest BCUT2D eigenvalue weighted by Gasteiger charge is -2.18. The van der Waals surface area contributed by atoms with Gasteiger partial charge in [-0.3, -0.25) is 9.59 Å². The zero-order valence-electron chi connectivity index (χ0n) is 15.7. The molecule has 2 N–H and O–H groups in total. The average molecular weight is 366 g/mol. The van der Waals surface area contributed by atoms with Crippen LogP contribution in [0.5, 0.6) is 0 Å². The van der Waals surface area contributed by atoms with Crippen molar-refractivity contribution in [3.05, 3.63) is 65.2 Å². The third-order valence-corrected chi connectivity index (χ3v) is 4.90. The first-order valence-corrected chi connectivity index (χ1v) is 9.56. The Hall–Kier alpha value is -2.82. The molecule has 0 aliphatic heterocycles. The number of rotatable bonds is 5.